The van der Waals surface area contributed by atoms with Crippen LogP contribution in [0.15, 0.2) is 53.4 Å². The molecule has 6 heteroatoms. The Kier molecular flexibility index (Phi) is 4.82. The van der Waals surface area contributed by atoms with E-state index in [4.69, 9.17) is 10.5 Å². The number of nitrogens with one attached hydrogen (secondary N) is 1. The Hall–Kier alpha value is -2.05. The number of anilines is 1. The van der Waals surface area contributed by atoms with E-state index in [0.29, 0.717) is 24.6 Å². The van der Waals surface area contributed by atoms with Crippen LogP contribution < -0.4 is 15.2 Å². The van der Waals surface area contributed by atoms with E-state index in [0.717, 1.165) is 5.56 Å². The van der Waals surface area contributed by atoms with Crippen LogP contribution in [0.2, 0.25) is 0 Å². The predicted molar refractivity (Wildman–Crippen MR) is 83.0 cm³/mol. The molecule has 0 aromatic heterocycles. The van der Waals surface area contributed by atoms with Crippen molar-refractivity contribution in [1.82, 2.24) is 0 Å². The highest BCUT2D eigenvalue weighted by Crippen LogP contribution is 2.19. The molecule has 0 aliphatic carbocycles. The zero-order valence-electron chi connectivity index (χ0n) is 11.7. The molecule has 3 N–H and O–H groups in total. The van der Waals surface area contributed by atoms with Gasteiger partial charge in [-0.05, 0) is 48.9 Å². The van der Waals surface area contributed by atoms with E-state index < -0.39 is 10.0 Å². The Labute approximate surface area is 124 Å². The maximum absolute atomic E-state index is 12.3. The van der Waals surface area contributed by atoms with Crippen LogP contribution >= 0.6 is 0 Å². The second-order valence-electron chi connectivity index (χ2n) is 4.58. The average Bonchev–Trinajstić information content (AvgIpc) is 2.45. The minimum atomic E-state index is -3.60. The molecule has 112 valence electrons. The Morgan fingerprint density at radius 2 is 1.86 bits per heavy atom. The molecule has 0 spiro atoms. The summed E-state index contributed by atoms with van der Waals surface area (Å²) in [6.07, 6.45) is 0. The van der Waals surface area contributed by atoms with Gasteiger partial charge in [-0.1, -0.05) is 12.1 Å². The highest BCUT2D eigenvalue weighted by Gasteiger charge is 2.14. The van der Waals surface area contributed by atoms with Crippen LogP contribution in [0, 0.1) is 6.92 Å². The number of hydrogen-bond donors (Lipinski definition) is 2. The minimum Gasteiger partial charge on any atom is -0.492 e. The van der Waals surface area contributed by atoms with Crippen molar-refractivity contribution in [2.45, 2.75) is 11.8 Å². The topological polar surface area (TPSA) is 81.4 Å². The van der Waals surface area contributed by atoms with E-state index in [1.54, 1.807) is 30.3 Å². The molecule has 0 atom stereocenters. The smallest absolute Gasteiger partial charge is 0.261 e. The van der Waals surface area contributed by atoms with Gasteiger partial charge in [-0.3, -0.25) is 4.72 Å². The molecule has 2 rings (SSSR count). The third kappa shape index (κ3) is 4.21. The Balaban J connectivity index is 2.15. The summed E-state index contributed by atoms with van der Waals surface area (Å²) in [7, 11) is -3.60. The van der Waals surface area contributed by atoms with Crippen LogP contribution in [-0.2, 0) is 10.0 Å². The molecule has 0 saturated heterocycles. The van der Waals surface area contributed by atoms with Crippen molar-refractivity contribution in [1.29, 1.82) is 0 Å². The van der Waals surface area contributed by atoms with E-state index in [2.05, 4.69) is 4.72 Å². The first-order chi connectivity index (χ1) is 10.0. The molecule has 0 fully saturated rings. The van der Waals surface area contributed by atoms with Gasteiger partial charge in [0.05, 0.1) is 4.90 Å². The van der Waals surface area contributed by atoms with Crippen LogP contribution in [0.3, 0.4) is 0 Å². The third-order valence-electron chi connectivity index (χ3n) is 2.79. The lowest BCUT2D eigenvalue weighted by Crippen LogP contribution is -2.13. The summed E-state index contributed by atoms with van der Waals surface area (Å²) in [5.74, 6) is 0.593. The van der Waals surface area contributed by atoms with Gasteiger partial charge in [0.15, 0.2) is 0 Å². The summed E-state index contributed by atoms with van der Waals surface area (Å²) in [6, 6.07) is 13.4. The minimum absolute atomic E-state index is 0.184. The molecular weight excluding hydrogens is 288 g/mol. The summed E-state index contributed by atoms with van der Waals surface area (Å²) < 4.78 is 32.4. The summed E-state index contributed by atoms with van der Waals surface area (Å²) in [6.45, 7) is 2.71. The standard InChI is InChI=1S/C15H18N2O3S/c1-12-3-2-4-13(11-12)17-21(18,19)15-7-5-14(6-8-15)20-10-9-16/h2-8,11,17H,9-10,16H2,1H3. The van der Waals surface area contributed by atoms with Crippen molar-refractivity contribution in [2.24, 2.45) is 5.73 Å². The average molecular weight is 306 g/mol. The Morgan fingerprint density at radius 3 is 2.48 bits per heavy atom. The van der Waals surface area contributed by atoms with Crippen LogP contribution in [0.4, 0.5) is 5.69 Å². The Bertz CT molecular complexity index is 697. The fraction of sp³-hybridized carbons (Fsp3) is 0.200. The quantitative estimate of drug-likeness (QED) is 0.856. The molecular formula is C15H18N2O3S. The summed E-state index contributed by atoms with van der Waals surface area (Å²) in [5.41, 5.74) is 6.87. The van der Waals surface area contributed by atoms with Crippen molar-refractivity contribution >= 4 is 15.7 Å². The molecule has 21 heavy (non-hydrogen) atoms. The molecule has 0 heterocycles. The normalized spacial score (nSPS) is 11.1. The number of benzene rings is 2. The van der Waals surface area contributed by atoms with Gasteiger partial charge < -0.3 is 10.5 Å². The first-order valence-corrected chi connectivity index (χ1v) is 8.02. The van der Waals surface area contributed by atoms with Gasteiger partial charge >= 0.3 is 0 Å². The molecule has 0 unspecified atom stereocenters. The number of rotatable bonds is 6. The molecule has 0 radical (unpaired) electrons. The number of hydrogen-bond acceptors (Lipinski definition) is 4. The third-order valence-corrected chi connectivity index (χ3v) is 4.19. The van der Waals surface area contributed by atoms with Crippen LogP contribution in [0.25, 0.3) is 0 Å². The summed E-state index contributed by atoms with van der Waals surface area (Å²) in [4.78, 5) is 0.184. The number of aryl methyl sites for hydroxylation is 1. The molecule has 0 aliphatic heterocycles. The summed E-state index contributed by atoms with van der Waals surface area (Å²) in [5, 5.41) is 0. The zero-order chi connectivity index (χ0) is 15.3. The van der Waals surface area contributed by atoms with Crippen LogP contribution in [-0.4, -0.2) is 21.6 Å². The van der Waals surface area contributed by atoms with E-state index >= 15 is 0 Å². The fourth-order valence-electron chi connectivity index (χ4n) is 1.81. The lowest BCUT2D eigenvalue weighted by atomic mass is 10.2. The SMILES string of the molecule is Cc1cccc(NS(=O)(=O)c2ccc(OCCN)cc2)c1. The maximum atomic E-state index is 12.3. The second kappa shape index (κ2) is 6.60. The van der Waals surface area contributed by atoms with Gasteiger partial charge in [0.25, 0.3) is 10.0 Å². The van der Waals surface area contributed by atoms with Crippen molar-refractivity contribution in [3.8, 4) is 5.75 Å². The van der Waals surface area contributed by atoms with Gasteiger partial charge in [-0.2, -0.15) is 0 Å². The molecule has 2 aromatic carbocycles. The fourth-order valence-corrected chi connectivity index (χ4v) is 2.86. The van der Waals surface area contributed by atoms with E-state index in [-0.39, 0.29) is 4.90 Å². The van der Waals surface area contributed by atoms with Gasteiger partial charge in [0.1, 0.15) is 12.4 Å². The molecule has 2 aromatic rings. The molecule has 0 aliphatic rings. The highest BCUT2D eigenvalue weighted by molar-refractivity contribution is 7.92. The van der Waals surface area contributed by atoms with Crippen LogP contribution in [0.1, 0.15) is 5.56 Å². The lowest BCUT2D eigenvalue weighted by molar-refractivity contribution is 0.328. The second-order valence-corrected chi connectivity index (χ2v) is 6.27. The number of nitrogens with two attached hydrogens (primary N) is 1. The van der Waals surface area contributed by atoms with Crippen molar-refractivity contribution in [3.05, 3.63) is 54.1 Å². The van der Waals surface area contributed by atoms with Crippen molar-refractivity contribution < 1.29 is 13.2 Å². The van der Waals surface area contributed by atoms with Gasteiger partial charge in [0.2, 0.25) is 0 Å². The van der Waals surface area contributed by atoms with Gasteiger partial charge in [-0.15, -0.1) is 0 Å². The molecule has 5 nitrogen and oxygen atoms in total. The largest absolute Gasteiger partial charge is 0.492 e. The molecule has 0 amide bonds. The maximum Gasteiger partial charge on any atom is 0.261 e. The van der Waals surface area contributed by atoms with E-state index in [9.17, 15) is 8.42 Å². The van der Waals surface area contributed by atoms with Crippen LogP contribution in [0.5, 0.6) is 5.75 Å². The first-order valence-electron chi connectivity index (χ1n) is 6.54. The van der Waals surface area contributed by atoms with Crippen molar-refractivity contribution in [3.63, 3.8) is 0 Å². The first kappa shape index (κ1) is 15.3. The van der Waals surface area contributed by atoms with E-state index in [1.807, 2.05) is 13.0 Å². The van der Waals surface area contributed by atoms with Gasteiger partial charge in [0, 0.05) is 12.2 Å². The number of ether oxygens (including phenoxy) is 1. The monoisotopic (exact) mass is 306 g/mol. The predicted octanol–water partition coefficient (Wildman–Crippen LogP) is 2.13. The van der Waals surface area contributed by atoms with Crippen molar-refractivity contribution in [2.75, 3.05) is 17.9 Å². The summed E-state index contributed by atoms with van der Waals surface area (Å²) >= 11 is 0. The highest BCUT2D eigenvalue weighted by atomic mass is 32.2. The number of sulfonamides is 1. The van der Waals surface area contributed by atoms with Gasteiger partial charge in [-0.25, -0.2) is 8.42 Å². The molecule has 0 bridgehead atoms. The lowest BCUT2D eigenvalue weighted by Gasteiger charge is -2.10. The Morgan fingerprint density at radius 1 is 1.14 bits per heavy atom. The zero-order valence-corrected chi connectivity index (χ0v) is 12.6. The molecule has 0 saturated carbocycles. The van der Waals surface area contributed by atoms with E-state index in [1.165, 1.54) is 12.1 Å².